The van der Waals surface area contributed by atoms with E-state index < -0.39 is 15.5 Å². The smallest absolute Gasteiger partial charge is 0.279 e. The second-order valence-electron chi connectivity index (χ2n) is 2.23. The lowest BCUT2D eigenvalue weighted by Crippen LogP contribution is -2.15. The van der Waals surface area contributed by atoms with Crippen molar-refractivity contribution in [3.63, 3.8) is 0 Å². The lowest BCUT2D eigenvalue weighted by Gasteiger charge is -1.92. The molecule has 0 aromatic rings. The zero-order valence-corrected chi connectivity index (χ0v) is 7.08. The monoisotopic (exact) mass is 179 g/mol. The summed E-state index contributed by atoms with van der Waals surface area (Å²) in [4.78, 5) is 2.56. The van der Waals surface area contributed by atoms with Crippen LogP contribution >= 0.6 is 0 Å². The number of unbranched alkanes of at least 4 members (excludes halogenated alkanes) is 1. The second kappa shape index (κ2) is 4.26. The van der Waals surface area contributed by atoms with Crippen molar-refractivity contribution in [2.75, 3.05) is 0 Å². The van der Waals surface area contributed by atoms with Crippen LogP contribution in [0.3, 0.4) is 0 Å². The van der Waals surface area contributed by atoms with Gasteiger partial charge < -0.3 is 0 Å². The molecule has 0 aliphatic rings. The molecule has 0 fully saturated rings. The quantitative estimate of drug-likeness (QED) is 0.520. The normalized spacial score (nSPS) is 13.9. The van der Waals surface area contributed by atoms with Gasteiger partial charge in [0, 0.05) is 6.42 Å². The van der Waals surface area contributed by atoms with Crippen molar-refractivity contribution < 1.29 is 13.0 Å². The fraction of sp³-hybridized carbons (Fsp3) is 1.00. The SMILES string of the molecule is CCCCC([N+]#N)S(=O)(=O)O. The van der Waals surface area contributed by atoms with Crippen molar-refractivity contribution >= 4 is 10.1 Å². The molecule has 0 aromatic carbocycles. The van der Waals surface area contributed by atoms with E-state index in [1.807, 2.05) is 6.92 Å². The fourth-order valence-corrected chi connectivity index (χ4v) is 1.23. The summed E-state index contributed by atoms with van der Waals surface area (Å²) >= 11 is 0. The Kier molecular flexibility index (Phi) is 4.00. The lowest BCUT2D eigenvalue weighted by atomic mass is 10.2. The summed E-state index contributed by atoms with van der Waals surface area (Å²) in [6.07, 6.45) is 1.56. The molecule has 0 radical (unpaired) electrons. The highest BCUT2D eigenvalue weighted by molar-refractivity contribution is 7.86. The molecule has 1 N–H and O–H groups in total. The van der Waals surface area contributed by atoms with Crippen LogP contribution in [0.4, 0.5) is 0 Å². The van der Waals surface area contributed by atoms with Crippen molar-refractivity contribution in [3.8, 4) is 0 Å². The Balaban J connectivity index is 4.12. The topological polar surface area (TPSA) is 82.5 Å². The number of hydrogen-bond donors (Lipinski definition) is 1. The number of diazo groups is 1. The van der Waals surface area contributed by atoms with Gasteiger partial charge in [-0.3, -0.25) is 4.55 Å². The Morgan fingerprint density at radius 1 is 1.64 bits per heavy atom. The molecule has 11 heavy (non-hydrogen) atoms. The van der Waals surface area contributed by atoms with E-state index in [4.69, 9.17) is 9.95 Å². The van der Waals surface area contributed by atoms with Crippen LogP contribution in [0.5, 0.6) is 0 Å². The number of nitrogens with zero attached hydrogens (tertiary/aromatic N) is 2. The van der Waals surface area contributed by atoms with Gasteiger partial charge in [0.2, 0.25) is 5.39 Å². The zero-order chi connectivity index (χ0) is 8.91. The Morgan fingerprint density at radius 3 is 2.45 bits per heavy atom. The first-order valence-electron chi connectivity index (χ1n) is 3.33. The van der Waals surface area contributed by atoms with E-state index in [9.17, 15) is 8.42 Å². The maximum atomic E-state index is 10.4. The van der Waals surface area contributed by atoms with Gasteiger partial charge in [-0.25, -0.2) is 0 Å². The standard InChI is InChI=1S/C5H10N2O3S/c1-2-3-4-5(7-6)11(8,9)10/h5H,2-4H2,1H3/p+1. The van der Waals surface area contributed by atoms with Crippen LogP contribution < -0.4 is 0 Å². The van der Waals surface area contributed by atoms with E-state index in [0.717, 1.165) is 6.42 Å². The van der Waals surface area contributed by atoms with E-state index in [-0.39, 0.29) is 6.42 Å². The van der Waals surface area contributed by atoms with Crippen LogP contribution in [-0.4, -0.2) is 18.3 Å². The maximum Gasteiger partial charge on any atom is 0.433 e. The van der Waals surface area contributed by atoms with Gasteiger partial charge in [-0.1, -0.05) is 13.3 Å². The van der Waals surface area contributed by atoms with Crippen molar-refractivity contribution in [2.24, 2.45) is 0 Å². The van der Waals surface area contributed by atoms with Crippen LogP contribution in [-0.2, 0) is 10.1 Å². The van der Waals surface area contributed by atoms with Gasteiger partial charge in [0.05, 0.1) is 0 Å². The minimum atomic E-state index is -4.20. The van der Waals surface area contributed by atoms with Gasteiger partial charge in [0.1, 0.15) is 4.98 Å². The molecular weight excluding hydrogens is 168 g/mol. The fourth-order valence-electron chi connectivity index (χ4n) is 0.645. The van der Waals surface area contributed by atoms with E-state index in [1.165, 1.54) is 0 Å². The molecule has 0 heterocycles. The Hall–Kier alpha value is -0.670. The van der Waals surface area contributed by atoms with Crippen LogP contribution in [0.25, 0.3) is 4.98 Å². The molecule has 0 aliphatic carbocycles. The van der Waals surface area contributed by atoms with Gasteiger partial charge in [-0.05, 0) is 6.42 Å². The molecule has 64 valence electrons. The summed E-state index contributed by atoms with van der Waals surface area (Å²) in [7, 11) is -4.20. The van der Waals surface area contributed by atoms with E-state index >= 15 is 0 Å². The molecule has 0 bridgehead atoms. The third kappa shape index (κ3) is 3.91. The molecule has 0 aromatic heterocycles. The predicted octanol–water partition coefficient (Wildman–Crippen LogP) is 1.24. The zero-order valence-electron chi connectivity index (χ0n) is 6.27. The van der Waals surface area contributed by atoms with E-state index in [2.05, 4.69) is 4.98 Å². The molecule has 0 saturated heterocycles. The highest BCUT2D eigenvalue weighted by atomic mass is 32.2. The Morgan fingerprint density at radius 2 is 2.18 bits per heavy atom. The second-order valence-corrected chi connectivity index (χ2v) is 3.80. The number of hydrogen-bond acceptors (Lipinski definition) is 3. The molecule has 0 spiro atoms. The van der Waals surface area contributed by atoms with Crippen molar-refractivity contribution in [1.29, 1.82) is 5.39 Å². The van der Waals surface area contributed by atoms with E-state index in [1.54, 1.807) is 0 Å². The first-order chi connectivity index (χ1) is 5.02. The van der Waals surface area contributed by atoms with Gasteiger partial charge in [0.15, 0.2) is 0 Å². The third-order valence-electron chi connectivity index (χ3n) is 1.28. The first kappa shape index (κ1) is 10.3. The average molecular weight is 179 g/mol. The minimum Gasteiger partial charge on any atom is -0.279 e. The molecule has 0 amide bonds. The summed E-state index contributed by atoms with van der Waals surface area (Å²) in [5.74, 6) is 0. The van der Waals surface area contributed by atoms with Crippen molar-refractivity contribution in [3.05, 3.63) is 4.98 Å². The molecular formula is C5H11N2O3S+. The summed E-state index contributed by atoms with van der Waals surface area (Å²) in [5.41, 5.74) is 0. The molecule has 1 atom stereocenters. The van der Waals surface area contributed by atoms with Crippen LogP contribution in [0.2, 0.25) is 0 Å². The maximum absolute atomic E-state index is 10.4. The van der Waals surface area contributed by atoms with Crippen LogP contribution in [0, 0.1) is 5.39 Å². The third-order valence-corrected chi connectivity index (χ3v) is 2.29. The van der Waals surface area contributed by atoms with Crippen molar-refractivity contribution in [2.45, 2.75) is 31.6 Å². The highest BCUT2D eigenvalue weighted by Gasteiger charge is 2.34. The molecule has 1 unspecified atom stereocenters. The molecule has 0 saturated carbocycles. The summed E-state index contributed by atoms with van der Waals surface area (Å²) in [5, 5.41) is 6.80. The Labute approximate surface area is 65.8 Å². The van der Waals surface area contributed by atoms with Crippen LogP contribution in [0.1, 0.15) is 26.2 Å². The average Bonchev–Trinajstić information content (AvgIpc) is 1.87. The van der Waals surface area contributed by atoms with Gasteiger partial charge in [0.25, 0.3) is 0 Å². The lowest BCUT2D eigenvalue weighted by molar-refractivity contribution is 0.468. The van der Waals surface area contributed by atoms with Crippen molar-refractivity contribution in [1.82, 2.24) is 0 Å². The molecule has 6 heteroatoms. The highest BCUT2D eigenvalue weighted by Crippen LogP contribution is 2.09. The summed E-state index contributed by atoms with van der Waals surface area (Å²) in [6.45, 7) is 1.87. The van der Waals surface area contributed by atoms with Gasteiger partial charge in [-0.15, -0.1) is 0 Å². The van der Waals surface area contributed by atoms with Gasteiger partial charge in [-0.2, -0.15) is 8.42 Å². The Bertz CT molecular complexity index is 241. The summed E-state index contributed by atoms with van der Waals surface area (Å²) in [6, 6.07) is 0. The molecule has 0 rings (SSSR count). The van der Waals surface area contributed by atoms with Crippen LogP contribution in [0.15, 0.2) is 0 Å². The first-order valence-corrected chi connectivity index (χ1v) is 4.83. The predicted molar refractivity (Wildman–Crippen MR) is 39.9 cm³/mol. The van der Waals surface area contributed by atoms with Gasteiger partial charge >= 0.3 is 15.5 Å². The largest absolute Gasteiger partial charge is 0.433 e. The molecule has 0 aliphatic heterocycles. The molecule has 5 nitrogen and oxygen atoms in total. The number of rotatable bonds is 4. The summed E-state index contributed by atoms with van der Waals surface area (Å²) < 4.78 is 29.2. The minimum absolute atomic E-state index is 0.159. The van der Waals surface area contributed by atoms with E-state index in [0.29, 0.717) is 6.42 Å².